The first-order chi connectivity index (χ1) is 32.0. The molecule has 310 valence electrons. The molecule has 3 heterocycles. The van der Waals surface area contributed by atoms with Crippen molar-refractivity contribution in [3.05, 3.63) is 224 Å². The fourth-order valence-electron chi connectivity index (χ4n) is 8.18. The minimum atomic E-state index is -4.05. The number of sulfone groups is 1. The number of benzene rings is 8. The highest BCUT2D eigenvalue weighted by molar-refractivity contribution is 7.92. The largest absolute Gasteiger partial charge is 0.310 e. The molecule has 10 aromatic rings. The van der Waals surface area contributed by atoms with Crippen molar-refractivity contribution >= 4 is 44.4 Å². The number of rotatable bonds is 10. The summed E-state index contributed by atoms with van der Waals surface area (Å²) in [4.78, 5) is 29.8. The summed E-state index contributed by atoms with van der Waals surface area (Å²) >= 11 is 0. The minimum absolute atomic E-state index is 0.166. The molecule has 8 aromatic carbocycles. The van der Waals surface area contributed by atoms with Gasteiger partial charge in [-0.05, 0) is 48.5 Å². The maximum absolute atomic E-state index is 15.0. The van der Waals surface area contributed by atoms with Crippen molar-refractivity contribution in [2.75, 3.05) is 9.80 Å². The summed E-state index contributed by atoms with van der Waals surface area (Å²) in [6.45, 7) is 0. The Labute approximate surface area is 376 Å². The van der Waals surface area contributed by atoms with Crippen molar-refractivity contribution in [3.8, 4) is 56.5 Å². The van der Waals surface area contributed by atoms with Crippen LogP contribution in [0.15, 0.2) is 234 Å². The van der Waals surface area contributed by atoms with E-state index < -0.39 is 9.84 Å². The average molecular weight is 860 g/mol. The van der Waals surface area contributed by atoms with Crippen LogP contribution in [0.2, 0.25) is 0 Å². The van der Waals surface area contributed by atoms with Gasteiger partial charge in [0.15, 0.2) is 17.5 Å². The Bertz CT molecular complexity index is 3160. The van der Waals surface area contributed by atoms with Gasteiger partial charge in [0.2, 0.25) is 15.8 Å². The van der Waals surface area contributed by atoms with Gasteiger partial charge >= 0.3 is 0 Å². The molecule has 0 radical (unpaired) electrons. The lowest BCUT2D eigenvalue weighted by Crippen LogP contribution is -2.17. The molecule has 0 spiro atoms. The SMILES string of the molecule is O=S1(=O)c2cc(N(c3ccccc3)c3ccccc3)ccc2-c2ccc(N(c3cc(-c4ccccc4)nc(-c4ccccc4)n3)c3nc(-c4ccccc4)nc(-c4ccccc4)n3)cc21. The van der Waals surface area contributed by atoms with E-state index in [4.69, 9.17) is 24.9 Å². The molecular weight excluding hydrogens is 823 g/mol. The molecule has 0 N–H and O–H groups in total. The third kappa shape index (κ3) is 7.47. The van der Waals surface area contributed by atoms with Gasteiger partial charge in [0, 0.05) is 56.5 Å². The summed E-state index contributed by atoms with van der Waals surface area (Å²) in [6.07, 6.45) is 0. The molecule has 11 rings (SSSR count). The maximum atomic E-state index is 15.0. The van der Waals surface area contributed by atoms with Crippen molar-refractivity contribution in [3.63, 3.8) is 0 Å². The highest BCUT2D eigenvalue weighted by Crippen LogP contribution is 2.49. The summed E-state index contributed by atoms with van der Waals surface area (Å²) in [5.74, 6) is 2.03. The van der Waals surface area contributed by atoms with E-state index >= 15 is 8.42 Å². The number of anilines is 6. The summed E-state index contributed by atoms with van der Waals surface area (Å²) < 4.78 is 30.0. The van der Waals surface area contributed by atoms with Gasteiger partial charge in [0.25, 0.3) is 0 Å². The molecule has 1 aliphatic heterocycles. The Morgan fingerprint density at radius 3 is 1.15 bits per heavy atom. The summed E-state index contributed by atoms with van der Waals surface area (Å²) in [7, 11) is -4.05. The molecule has 0 amide bonds. The molecular formula is C55H37N7O2S. The van der Waals surface area contributed by atoms with Gasteiger partial charge in [-0.2, -0.15) is 9.97 Å². The second-order valence-corrected chi connectivity index (χ2v) is 17.3. The van der Waals surface area contributed by atoms with Crippen LogP contribution < -0.4 is 9.80 Å². The second-order valence-electron chi connectivity index (χ2n) is 15.4. The predicted molar refractivity (Wildman–Crippen MR) is 257 cm³/mol. The van der Waals surface area contributed by atoms with Gasteiger partial charge in [-0.3, -0.25) is 4.90 Å². The van der Waals surface area contributed by atoms with Crippen molar-refractivity contribution in [1.29, 1.82) is 0 Å². The molecule has 0 atom stereocenters. The zero-order valence-corrected chi connectivity index (χ0v) is 35.5. The number of hydrogen-bond acceptors (Lipinski definition) is 9. The monoisotopic (exact) mass is 859 g/mol. The molecule has 0 bridgehead atoms. The van der Waals surface area contributed by atoms with E-state index in [0.717, 1.165) is 33.6 Å². The molecule has 0 aliphatic carbocycles. The fraction of sp³-hybridized carbons (Fsp3) is 0. The molecule has 1 aliphatic rings. The summed E-state index contributed by atoms with van der Waals surface area (Å²) in [5.41, 5.74) is 8.15. The standard InChI is InChI=1S/C55H37N7O2S/c63-65(64)49-35-44(61(42-27-15-5-16-28-42)43-29-17-6-18-30-43)31-33-46(49)47-34-32-45(36-50(47)65)62(51-37-48(38-19-7-1-8-20-38)56-52(57-51)39-21-9-2-10-22-39)55-59-53(40-23-11-3-12-24-40)58-54(60-55)41-25-13-4-14-26-41/h1-37H. The van der Waals surface area contributed by atoms with E-state index in [2.05, 4.69) is 4.90 Å². The van der Waals surface area contributed by atoms with Crippen LogP contribution in [-0.2, 0) is 9.84 Å². The fourth-order valence-corrected chi connectivity index (χ4v) is 9.90. The van der Waals surface area contributed by atoms with Gasteiger partial charge in [-0.1, -0.05) is 170 Å². The van der Waals surface area contributed by atoms with Crippen LogP contribution in [0.1, 0.15) is 0 Å². The van der Waals surface area contributed by atoms with Gasteiger partial charge in [0.05, 0.1) is 21.2 Å². The van der Waals surface area contributed by atoms with E-state index in [1.54, 1.807) is 17.0 Å². The normalized spacial score (nSPS) is 12.2. The molecule has 2 aromatic heterocycles. The van der Waals surface area contributed by atoms with E-state index in [0.29, 0.717) is 51.5 Å². The summed E-state index contributed by atoms with van der Waals surface area (Å²) in [5, 5.41) is 0. The Balaban J connectivity index is 1.12. The smallest absolute Gasteiger partial charge is 0.239 e. The van der Waals surface area contributed by atoms with E-state index in [1.807, 2.05) is 212 Å². The van der Waals surface area contributed by atoms with E-state index in [-0.39, 0.29) is 15.7 Å². The van der Waals surface area contributed by atoms with Crippen LogP contribution in [-0.4, -0.2) is 33.3 Å². The van der Waals surface area contributed by atoms with Crippen molar-refractivity contribution < 1.29 is 8.42 Å². The number of para-hydroxylation sites is 2. The molecule has 0 fully saturated rings. The first kappa shape index (κ1) is 39.3. The molecule has 0 saturated carbocycles. The molecule has 65 heavy (non-hydrogen) atoms. The van der Waals surface area contributed by atoms with Gasteiger partial charge in [-0.15, -0.1) is 0 Å². The zero-order valence-electron chi connectivity index (χ0n) is 34.7. The highest BCUT2D eigenvalue weighted by Gasteiger charge is 2.35. The van der Waals surface area contributed by atoms with Gasteiger partial charge < -0.3 is 4.90 Å². The van der Waals surface area contributed by atoms with Crippen LogP contribution in [0.3, 0.4) is 0 Å². The van der Waals surface area contributed by atoms with Crippen molar-refractivity contribution in [2.45, 2.75) is 9.79 Å². The maximum Gasteiger partial charge on any atom is 0.239 e. The molecule has 9 nitrogen and oxygen atoms in total. The Morgan fingerprint density at radius 1 is 0.323 bits per heavy atom. The van der Waals surface area contributed by atoms with Crippen molar-refractivity contribution in [2.24, 2.45) is 0 Å². The predicted octanol–water partition coefficient (Wildman–Crippen LogP) is 13.1. The van der Waals surface area contributed by atoms with Crippen LogP contribution >= 0.6 is 0 Å². The topological polar surface area (TPSA) is 105 Å². The highest BCUT2D eigenvalue weighted by atomic mass is 32.2. The molecule has 10 heteroatoms. The minimum Gasteiger partial charge on any atom is -0.310 e. The van der Waals surface area contributed by atoms with Gasteiger partial charge in [0.1, 0.15) is 5.82 Å². The molecule has 0 saturated heterocycles. The Morgan fingerprint density at radius 2 is 0.708 bits per heavy atom. The summed E-state index contributed by atoms with van der Waals surface area (Å²) in [6, 6.07) is 72.0. The number of nitrogens with zero attached hydrogens (tertiary/aromatic N) is 7. The quantitative estimate of drug-likeness (QED) is 0.133. The van der Waals surface area contributed by atoms with E-state index in [1.165, 1.54) is 0 Å². The molecule has 0 unspecified atom stereocenters. The zero-order chi connectivity index (χ0) is 43.7. The number of fused-ring (bicyclic) bond motifs is 3. The Kier molecular flexibility index (Phi) is 10.0. The third-order valence-corrected chi connectivity index (χ3v) is 13.1. The average Bonchev–Trinajstić information content (AvgIpc) is 3.60. The van der Waals surface area contributed by atoms with Crippen LogP contribution in [0.4, 0.5) is 34.5 Å². The first-order valence-corrected chi connectivity index (χ1v) is 22.6. The van der Waals surface area contributed by atoms with Crippen LogP contribution in [0.5, 0.6) is 0 Å². The third-order valence-electron chi connectivity index (χ3n) is 11.3. The number of hydrogen-bond donors (Lipinski definition) is 0. The Hall–Kier alpha value is -8.60. The lowest BCUT2D eigenvalue weighted by atomic mass is 10.0. The second kappa shape index (κ2) is 16.6. The van der Waals surface area contributed by atoms with Crippen LogP contribution in [0, 0.1) is 0 Å². The number of aromatic nitrogens is 5. The van der Waals surface area contributed by atoms with Gasteiger partial charge in [-0.25, -0.2) is 23.4 Å². The lowest BCUT2D eigenvalue weighted by molar-refractivity contribution is 0.598. The first-order valence-electron chi connectivity index (χ1n) is 21.1. The van der Waals surface area contributed by atoms with Crippen LogP contribution in [0.25, 0.3) is 56.5 Å². The lowest BCUT2D eigenvalue weighted by Gasteiger charge is -2.25. The van der Waals surface area contributed by atoms with Crippen molar-refractivity contribution in [1.82, 2.24) is 24.9 Å². The van der Waals surface area contributed by atoms with E-state index in [9.17, 15) is 0 Å².